The third-order valence-corrected chi connectivity index (χ3v) is 5.35. The average molecular weight is 336 g/mol. The monoisotopic (exact) mass is 335 g/mol. The predicted octanol–water partition coefficient (Wildman–Crippen LogP) is 2.79. The number of aliphatic hydroxyl groups is 1. The Bertz CT molecular complexity index is 554. The molecule has 3 rings (SSSR count). The molecule has 2 aliphatic rings. The van der Waals surface area contributed by atoms with Crippen LogP contribution >= 0.6 is 11.6 Å². The Morgan fingerprint density at radius 1 is 1.39 bits per heavy atom. The smallest absolute Gasteiger partial charge is 0.194 e. The predicted molar refractivity (Wildman–Crippen MR) is 95.2 cm³/mol. The molecule has 1 aromatic carbocycles. The van der Waals surface area contributed by atoms with Gasteiger partial charge < -0.3 is 15.3 Å². The van der Waals surface area contributed by atoms with Crippen molar-refractivity contribution in [2.75, 3.05) is 26.2 Å². The van der Waals surface area contributed by atoms with Crippen molar-refractivity contribution in [3.8, 4) is 0 Å². The first-order valence-corrected chi connectivity index (χ1v) is 8.98. The van der Waals surface area contributed by atoms with Gasteiger partial charge in [0.25, 0.3) is 0 Å². The van der Waals surface area contributed by atoms with Crippen molar-refractivity contribution in [2.24, 2.45) is 4.99 Å². The number of hydrogen-bond donors (Lipinski definition) is 2. The van der Waals surface area contributed by atoms with E-state index in [1.54, 1.807) is 0 Å². The van der Waals surface area contributed by atoms with Crippen molar-refractivity contribution in [1.29, 1.82) is 0 Å². The Morgan fingerprint density at radius 3 is 2.65 bits per heavy atom. The zero-order chi connectivity index (χ0) is 16.3. The first-order valence-electron chi connectivity index (χ1n) is 8.60. The highest BCUT2D eigenvalue weighted by atomic mass is 35.5. The molecule has 0 bridgehead atoms. The number of β-amino-alcohol motifs (C(OH)–C–C–N with tert-alkyl or cyclic N) is 1. The van der Waals surface area contributed by atoms with Gasteiger partial charge in [0, 0.05) is 30.1 Å². The molecule has 2 fully saturated rings. The molecule has 0 aromatic heterocycles. The Balaban J connectivity index is 1.75. The maximum atomic E-state index is 9.77. The Morgan fingerprint density at radius 2 is 2.13 bits per heavy atom. The number of aliphatic imine (C=N–C) groups is 1. The molecule has 23 heavy (non-hydrogen) atoms. The summed E-state index contributed by atoms with van der Waals surface area (Å²) in [5.41, 5.74) is 1.50. The van der Waals surface area contributed by atoms with Crippen molar-refractivity contribution in [2.45, 2.75) is 44.1 Å². The zero-order valence-corrected chi connectivity index (χ0v) is 14.5. The van der Waals surface area contributed by atoms with E-state index < -0.39 is 0 Å². The molecule has 126 valence electrons. The second-order valence-corrected chi connectivity index (χ2v) is 7.14. The minimum absolute atomic E-state index is 0.156. The highest BCUT2D eigenvalue weighted by Gasteiger charge is 2.38. The van der Waals surface area contributed by atoms with Crippen LogP contribution in [0.3, 0.4) is 0 Å². The quantitative estimate of drug-likeness (QED) is 0.657. The van der Waals surface area contributed by atoms with Crippen LogP contribution in [0.1, 0.15) is 38.2 Å². The Labute approximate surface area is 143 Å². The highest BCUT2D eigenvalue weighted by Crippen LogP contribution is 2.44. The van der Waals surface area contributed by atoms with Gasteiger partial charge in [0.05, 0.1) is 12.6 Å². The van der Waals surface area contributed by atoms with Gasteiger partial charge >= 0.3 is 0 Å². The van der Waals surface area contributed by atoms with E-state index >= 15 is 0 Å². The molecule has 2 N–H and O–H groups in total. The van der Waals surface area contributed by atoms with Crippen LogP contribution in [0.5, 0.6) is 0 Å². The van der Waals surface area contributed by atoms with Gasteiger partial charge in [0.2, 0.25) is 0 Å². The van der Waals surface area contributed by atoms with Crippen LogP contribution < -0.4 is 5.32 Å². The lowest BCUT2D eigenvalue weighted by molar-refractivity contribution is 0.187. The number of benzene rings is 1. The van der Waals surface area contributed by atoms with Crippen molar-refractivity contribution >= 4 is 17.6 Å². The summed E-state index contributed by atoms with van der Waals surface area (Å²) in [6, 6.07) is 8.23. The largest absolute Gasteiger partial charge is 0.391 e. The summed E-state index contributed by atoms with van der Waals surface area (Å²) < 4.78 is 0. The van der Waals surface area contributed by atoms with Gasteiger partial charge in [-0.1, -0.05) is 30.2 Å². The van der Waals surface area contributed by atoms with E-state index in [9.17, 15) is 5.11 Å². The highest BCUT2D eigenvalue weighted by molar-refractivity contribution is 6.30. The Kier molecular flexibility index (Phi) is 5.12. The summed E-state index contributed by atoms with van der Waals surface area (Å²) in [6.45, 7) is 5.28. The molecule has 1 aromatic rings. The number of rotatable bonds is 4. The first-order chi connectivity index (χ1) is 11.1. The van der Waals surface area contributed by atoms with Crippen molar-refractivity contribution in [3.05, 3.63) is 34.9 Å². The maximum absolute atomic E-state index is 9.77. The van der Waals surface area contributed by atoms with Crippen LogP contribution in [0.2, 0.25) is 5.02 Å². The molecule has 0 amide bonds. The van der Waals surface area contributed by atoms with E-state index in [-0.39, 0.29) is 11.5 Å². The number of guanidine groups is 1. The van der Waals surface area contributed by atoms with E-state index in [4.69, 9.17) is 16.6 Å². The van der Waals surface area contributed by atoms with Gasteiger partial charge in [-0.3, -0.25) is 4.99 Å². The van der Waals surface area contributed by atoms with Crippen molar-refractivity contribution in [3.63, 3.8) is 0 Å². The number of hydrogen-bond acceptors (Lipinski definition) is 2. The minimum Gasteiger partial charge on any atom is -0.391 e. The second kappa shape index (κ2) is 7.10. The summed E-state index contributed by atoms with van der Waals surface area (Å²) in [7, 11) is 0. The lowest BCUT2D eigenvalue weighted by atomic mass is 9.64. The first kappa shape index (κ1) is 16.6. The number of likely N-dealkylation sites (tertiary alicyclic amines) is 1. The van der Waals surface area contributed by atoms with Gasteiger partial charge in [0.15, 0.2) is 5.96 Å². The number of nitrogens with zero attached hydrogens (tertiary/aromatic N) is 2. The standard InChI is InChI=1S/C18H26ClN3O/c1-2-20-17(22-11-8-16(23)12-22)21-13-18(9-3-10-18)14-4-6-15(19)7-5-14/h4-7,16,23H,2-3,8-13H2,1H3,(H,20,21)/t16-/m1/s1. The van der Waals surface area contributed by atoms with Crippen LogP contribution in [0.4, 0.5) is 0 Å². The summed E-state index contributed by atoms with van der Waals surface area (Å²) in [5, 5.41) is 13.9. The molecular weight excluding hydrogens is 310 g/mol. The average Bonchev–Trinajstić information content (AvgIpc) is 2.93. The fourth-order valence-electron chi connectivity index (χ4n) is 3.53. The molecule has 1 heterocycles. The molecule has 0 spiro atoms. The molecule has 5 heteroatoms. The normalized spacial score (nSPS) is 23.7. The van der Waals surface area contributed by atoms with Crippen LogP contribution in [-0.4, -0.2) is 48.2 Å². The van der Waals surface area contributed by atoms with Crippen LogP contribution in [0.25, 0.3) is 0 Å². The molecular formula is C18H26ClN3O. The van der Waals surface area contributed by atoms with Gasteiger partial charge in [-0.25, -0.2) is 0 Å². The summed E-state index contributed by atoms with van der Waals surface area (Å²) in [6.07, 6.45) is 4.22. The molecule has 4 nitrogen and oxygen atoms in total. The Hall–Kier alpha value is -1.26. The summed E-state index contributed by atoms with van der Waals surface area (Å²) >= 11 is 6.02. The van der Waals surface area contributed by atoms with Crippen molar-refractivity contribution in [1.82, 2.24) is 10.2 Å². The van der Waals surface area contributed by atoms with E-state index in [1.165, 1.54) is 24.8 Å². The molecule has 1 aliphatic heterocycles. The summed E-state index contributed by atoms with van der Waals surface area (Å²) in [5.74, 6) is 0.935. The SMILES string of the molecule is CCNC(=NCC1(c2ccc(Cl)cc2)CCC1)N1CC[C@@H](O)C1. The van der Waals surface area contributed by atoms with Gasteiger partial charge in [-0.05, 0) is 43.9 Å². The number of halogens is 1. The number of nitrogens with one attached hydrogen (secondary N) is 1. The van der Waals surface area contributed by atoms with E-state index in [1.807, 2.05) is 12.1 Å². The zero-order valence-electron chi connectivity index (χ0n) is 13.8. The van der Waals surface area contributed by atoms with Crippen LogP contribution in [0.15, 0.2) is 29.3 Å². The fraction of sp³-hybridized carbons (Fsp3) is 0.611. The van der Waals surface area contributed by atoms with Crippen LogP contribution in [0, 0.1) is 0 Å². The molecule has 1 aliphatic carbocycles. The third kappa shape index (κ3) is 3.64. The molecule has 1 saturated carbocycles. The minimum atomic E-state index is -0.229. The lowest BCUT2D eigenvalue weighted by Gasteiger charge is -2.41. The molecule has 0 radical (unpaired) electrons. The summed E-state index contributed by atoms with van der Waals surface area (Å²) in [4.78, 5) is 7.08. The lowest BCUT2D eigenvalue weighted by Crippen LogP contribution is -2.43. The van der Waals surface area contributed by atoms with E-state index in [0.717, 1.165) is 37.0 Å². The van der Waals surface area contributed by atoms with Gasteiger partial charge in [0.1, 0.15) is 0 Å². The molecule has 1 atom stereocenters. The van der Waals surface area contributed by atoms with Gasteiger partial charge in [-0.15, -0.1) is 0 Å². The maximum Gasteiger partial charge on any atom is 0.194 e. The second-order valence-electron chi connectivity index (χ2n) is 6.70. The van der Waals surface area contributed by atoms with E-state index in [0.29, 0.717) is 6.54 Å². The molecule has 1 saturated heterocycles. The molecule has 0 unspecified atom stereocenters. The fourth-order valence-corrected chi connectivity index (χ4v) is 3.66. The van der Waals surface area contributed by atoms with Gasteiger partial charge in [-0.2, -0.15) is 0 Å². The third-order valence-electron chi connectivity index (χ3n) is 5.10. The van der Waals surface area contributed by atoms with Crippen LogP contribution in [-0.2, 0) is 5.41 Å². The number of aliphatic hydroxyl groups excluding tert-OH is 1. The van der Waals surface area contributed by atoms with E-state index in [2.05, 4.69) is 29.3 Å². The van der Waals surface area contributed by atoms with Crippen molar-refractivity contribution < 1.29 is 5.11 Å². The topological polar surface area (TPSA) is 47.9 Å².